The molecule has 1 atom stereocenters. The first-order valence-corrected chi connectivity index (χ1v) is 11.9. The number of benzene rings is 2. The molecule has 3 aromatic rings. The number of amides is 2. The van der Waals surface area contributed by atoms with Crippen molar-refractivity contribution in [1.82, 2.24) is 15.6 Å². The van der Waals surface area contributed by atoms with Gasteiger partial charge in [-0.2, -0.15) is 0 Å². The number of carbonyl (C=O) groups is 3. The van der Waals surface area contributed by atoms with Crippen molar-refractivity contribution in [2.75, 3.05) is 6.54 Å². The number of nitrogens with zero attached hydrogens (tertiary/aromatic N) is 1. The Kier molecular flexibility index (Phi) is 8.92. The van der Waals surface area contributed by atoms with Crippen molar-refractivity contribution >= 4 is 39.7 Å². The molecule has 6 nitrogen and oxygen atoms in total. The minimum Gasteiger partial charge on any atom is -0.354 e. The van der Waals surface area contributed by atoms with Crippen LogP contribution in [0.2, 0.25) is 0 Å². The molecule has 1 aromatic heterocycles. The van der Waals surface area contributed by atoms with Crippen molar-refractivity contribution in [2.24, 2.45) is 0 Å². The molecule has 0 aliphatic carbocycles. The molecule has 3 rings (SSSR count). The number of Topliss-reactive ketones (excluding diaryl/α,β-unsaturated/α-hetero) is 1. The molecular weight excluding hydrogens is 422 g/mol. The van der Waals surface area contributed by atoms with Crippen LogP contribution in [0.25, 0.3) is 10.8 Å². The van der Waals surface area contributed by atoms with Crippen LogP contribution in [0.3, 0.4) is 0 Å². The van der Waals surface area contributed by atoms with Gasteiger partial charge in [-0.1, -0.05) is 55.3 Å². The molecule has 2 aromatic carbocycles. The Balaban J connectivity index is 1.56. The first-order chi connectivity index (χ1) is 15.5. The summed E-state index contributed by atoms with van der Waals surface area (Å²) in [5.74, 6) is -0.300. The van der Waals surface area contributed by atoms with Gasteiger partial charge >= 0.3 is 0 Å². The summed E-state index contributed by atoms with van der Waals surface area (Å²) >= 11 is 1.24. The van der Waals surface area contributed by atoms with Gasteiger partial charge in [-0.15, -0.1) is 11.3 Å². The van der Waals surface area contributed by atoms with Gasteiger partial charge in [0.25, 0.3) is 5.91 Å². The van der Waals surface area contributed by atoms with Gasteiger partial charge in [0.15, 0.2) is 0 Å². The summed E-state index contributed by atoms with van der Waals surface area (Å²) in [7, 11) is 0. The van der Waals surface area contributed by atoms with Crippen LogP contribution in [0.5, 0.6) is 0 Å². The molecule has 0 aliphatic heterocycles. The lowest BCUT2D eigenvalue weighted by Crippen LogP contribution is -2.47. The number of nitrogens with one attached hydrogen (secondary N) is 2. The highest BCUT2D eigenvalue weighted by Crippen LogP contribution is 2.18. The Morgan fingerprint density at radius 2 is 1.84 bits per heavy atom. The van der Waals surface area contributed by atoms with E-state index in [1.807, 2.05) is 18.2 Å². The number of ketones is 1. The maximum Gasteiger partial charge on any atom is 0.263 e. The molecule has 2 N–H and O–H groups in total. The van der Waals surface area contributed by atoms with Gasteiger partial charge in [-0.05, 0) is 42.5 Å². The van der Waals surface area contributed by atoms with E-state index in [9.17, 15) is 14.4 Å². The van der Waals surface area contributed by atoms with Crippen LogP contribution in [0, 0.1) is 0 Å². The van der Waals surface area contributed by atoms with E-state index in [1.165, 1.54) is 33.9 Å². The van der Waals surface area contributed by atoms with Gasteiger partial charge in [0.1, 0.15) is 16.7 Å². The summed E-state index contributed by atoms with van der Waals surface area (Å²) in [5.41, 5.74) is 2.77. The molecule has 168 valence electrons. The smallest absolute Gasteiger partial charge is 0.263 e. The Hall–Kier alpha value is -3.06. The summed E-state index contributed by atoms with van der Waals surface area (Å²) in [6, 6.07) is 13.8. The predicted octanol–water partition coefficient (Wildman–Crippen LogP) is 4.29. The third-order valence-electron chi connectivity index (χ3n) is 5.37. The zero-order valence-electron chi connectivity index (χ0n) is 18.3. The van der Waals surface area contributed by atoms with Crippen LogP contribution in [0.1, 0.15) is 54.3 Å². The third-order valence-corrected chi connectivity index (χ3v) is 6.14. The Labute approximate surface area is 192 Å². The van der Waals surface area contributed by atoms with Gasteiger partial charge in [-0.25, -0.2) is 0 Å². The lowest BCUT2D eigenvalue weighted by molar-refractivity contribution is -0.123. The van der Waals surface area contributed by atoms with E-state index in [2.05, 4.69) is 39.9 Å². The molecule has 0 saturated carbocycles. The highest BCUT2D eigenvalue weighted by atomic mass is 32.1. The Morgan fingerprint density at radius 1 is 1.03 bits per heavy atom. The SMILES string of the molecule is CC(=O)CCCCC[C@H](NC(=O)c1cncs1)C(=O)NCCc1cccc2ccccc12. The second kappa shape index (κ2) is 12.1. The second-order valence-electron chi connectivity index (χ2n) is 7.87. The van der Waals surface area contributed by atoms with Crippen molar-refractivity contribution in [3.05, 3.63) is 64.6 Å². The molecule has 1 heterocycles. The summed E-state index contributed by atoms with van der Waals surface area (Å²) < 4.78 is 0. The molecule has 0 unspecified atom stereocenters. The average Bonchev–Trinajstić information content (AvgIpc) is 3.33. The summed E-state index contributed by atoms with van der Waals surface area (Å²) in [6.45, 7) is 2.07. The topological polar surface area (TPSA) is 88.2 Å². The van der Waals surface area contributed by atoms with E-state index in [-0.39, 0.29) is 17.6 Å². The van der Waals surface area contributed by atoms with Gasteiger partial charge in [0.2, 0.25) is 5.91 Å². The molecule has 0 bridgehead atoms. The fourth-order valence-electron chi connectivity index (χ4n) is 3.68. The molecule has 2 amide bonds. The minimum absolute atomic E-state index is 0.172. The minimum atomic E-state index is -0.616. The quantitative estimate of drug-likeness (QED) is 0.402. The number of rotatable bonds is 12. The Morgan fingerprint density at radius 3 is 2.62 bits per heavy atom. The van der Waals surface area contributed by atoms with Crippen molar-refractivity contribution in [1.29, 1.82) is 0 Å². The number of aromatic nitrogens is 1. The fourth-order valence-corrected chi connectivity index (χ4v) is 4.20. The highest BCUT2D eigenvalue weighted by molar-refractivity contribution is 7.11. The van der Waals surface area contributed by atoms with E-state index < -0.39 is 6.04 Å². The van der Waals surface area contributed by atoms with Gasteiger partial charge in [0.05, 0.1) is 11.7 Å². The lowest BCUT2D eigenvalue weighted by atomic mass is 10.0. The average molecular weight is 452 g/mol. The first kappa shape index (κ1) is 23.6. The van der Waals surface area contributed by atoms with Gasteiger partial charge in [0, 0.05) is 13.0 Å². The molecule has 7 heteroatoms. The number of hydrogen-bond acceptors (Lipinski definition) is 5. The van der Waals surface area contributed by atoms with E-state index in [0.29, 0.717) is 30.7 Å². The van der Waals surface area contributed by atoms with Crippen LogP contribution in [-0.2, 0) is 16.0 Å². The Bertz CT molecular complexity index is 1040. The van der Waals surface area contributed by atoms with E-state index >= 15 is 0 Å². The fraction of sp³-hybridized carbons (Fsp3) is 0.360. The lowest BCUT2D eigenvalue weighted by Gasteiger charge is -2.18. The molecule has 0 radical (unpaired) electrons. The molecular formula is C25H29N3O3S. The van der Waals surface area contributed by atoms with Crippen LogP contribution >= 0.6 is 11.3 Å². The number of carbonyl (C=O) groups excluding carboxylic acids is 3. The van der Waals surface area contributed by atoms with Crippen molar-refractivity contribution in [3.8, 4) is 0 Å². The molecule has 0 fully saturated rings. The second-order valence-corrected chi connectivity index (χ2v) is 8.76. The number of thiazole rings is 1. The van der Waals surface area contributed by atoms with Crippen molar-refractivity contribution in [3.63, 3.8) is 0 Å². The number of unbranched alkanes of at least 4 members (excludes halogenated alkanes) is 2. The normalized spacial score (nSPS) is 11.8. The largest absolute Gasteiger partial charge is 0.354 e. The molecule has 0 aliphatic rings. The maximum absolute atomic E-state index is 12.9. The van der Waals surface area contributed by atoms with E-state index in [1.54, 1.807) is 12.4 Å². The summed E-state index contributed by atoms with van der Waals surface area (Å²) in [5, 5.41) is 8.20. The number of hydrogen-bond donors (Lipinski definition) is 2. The van der Waals surface area contributed by atoms with Crippen molar-refractivity contribution < 1.29 is 14.4 Å². The van der Waals surface area contributed by atoms with Crippen LogP contribution in [-0.4, -0.2) is 35.2 Å². The summed E-state index contributed by atoms with van der Waals surface area (Å²) in [4.78, 5) is 40.9. The number of fused-ring (bicyclic) bond motifs is 1. The highest BCUT2D eigenvalue weighted by Gasteiger charge is 2.21. The molecule has 32 heavy (non-hydrogen) atoms. The predicted molar refractivity (Wildman–Crippen MR) is 128 cm³/mol. The molecule has 0 spiro atoms. The monoisotopic (exact) mass is 451 g/mol. The zero-order chi connectivity index (χ0) is 22.8. The van der Waals surface area contributed by atoms with E-state index in [4.69, 9.17) is 0 Å². The van der Waals surface area contributed by atoms with Crippen molar-refractivity contribution in [2.45, 2.75) is 51.5 Å². The summed E-state index contributed by atoms with van der Waals surface area (Å²) in [6.07, 6.45) is 5.70. The van der Waals surface area contributed by atoms with E-state index in [0.717, 1.165) is 19.3 Å². The first-order valence-electron chi connectivity index (χ1n) is 11.0. The van der Waals surface area contributed by atoms with Crippen LogP contribution in [0.4, 0.5) is 0 Å². The van der Waals surface area contributed by atoms with Crippen LogP contribution in [0.15, 0.2) is 54.2 Å². The standard InChI is InChI=1S/C25H29N3O3S/c1-18(29)8-3-2-4-13-22(28-25(31)23-16-26-17-32-23)24(30)27-15-14-20-11-7-10-19-9-5-6-12-21(19)20/h5-7,9-12,16-17,22H,2-4,8,13-15H2,1H3,(H,27,30)(H,28,31)/t22-/m0/s1. The van der Waals surface area contributed by atoms with Crippen LogP contribution < -0.4 is 10.6 Å². The third kappa shape index (κ3) is 6.99. The molecule has 0 saturated heterocycles. The maximum atomic E-state index is 12.9. The zero-order valence-corrected chi connectivity index (χ0v) is 19.1. The van der Waals surface area contributed by atoms with Gasteiger partial charge < -0.3 is 15.4 Å². The van der Waals surface area contributed by atoms with Gasteiger partial charge in [-0.3, -0.25) is 14.6 Å².